The Morgan fingerprint density at radius 2 is 2.50 bits per heavy atom. The molecule has 3 heterocycles. The maximum absolute atomic E-state index is 6.30. The van der Waals surface area contributed by atoms with E-state index >= 15 is 0 Å². The number of fused-ring (bicyclic) bond motifs is 1. The highest BCUT2D eigenvalue weighted by atomic mass is 32.1. The van der Waals surface area contributed by atoms with Crippen molar-refractivity contribution in [1.29, 1.82) is 0 Å². The molecule has 0 aromatic carbocycles. The van der Waals surface area contributed by atoms with Crippen LogP contribution in [0.3, 0.4) is 0 Å². The van der Waals surface area contributed by atoms with Crippen LogP contribution in [0, 0.1) is 0 Å². The quantitative estimate of drug-likeness (QED) is 0.904. The lowest BCUT2D eigenvalue weighted by atomic mass is 10.0. The second-order valence-corrected chi connectivity index (χ2v) is 6.28. The molecule has 2 aliphatic rings. The minimum Gasteiger partial charge on any atom is -0.374 e. The van der Waals surface area contributed by atoms with E-state index in [1.807, 2.05) is 0 Å². The first-order chi connectivity index (χ1) is 8.83. The monoisotopic (exact) mass is 266 g/mol. The highest BCUT2D eigenvalue weighted by Gasteiger charge is 2.34. The van der Waals surface area contributed by atoms with Gasteiger partial charge in [-0.15, -0.1) is 0 Å². The molecular weight excluding hydrogens is 244 g/mol. The first-order valence-corrected chi connectivity index (χ1v) is 7.89. The van der Waals surface area contributed by atoms with E-state index in [1.54, 1.807) is 11.3 Å². The van der Waals surface area contributed by atoms with Crippen LogP contribution >= 0.6 is 11.3 Å². The molecule has 3 unspecified atom stereocenters. The molecule has 2 aliphatic heterocycles. The molecule has 3 nitrogen and oxygen atoms in total. The summed E-state index contributed by atoms with van der Waals surface area (Å²) >= 11 is 1.76. The Hall–Kier alpha value is -0.420. The molecule has 3 rings (SSSR count). The van der Waals surface area contributed by atoms with Gasteiger partial charge in [-0.2, -0.15) is 11.3 Å². The van der Waals surface area contributed by atoms with Gasteiger partial charge in [0.2, 0.25) is 0 Å². The van der Waals surface area contributed by atoms with Crippen LogP contribution in [0.2, 0.25) is 0 Å². The second-order valence-electron chi connectivity index (χ2n) is 5.50. The van der Waals surface area contributed by atoms with Crippen LogP contribution in [0.25, 0.3) is 0 Å². The van der Waals surface area contributed by atoms with Gasteiger partial charge in [0.05, 0.1) is 12.7 Å². The maximum Gasteiger partial charge on any atom is 0.0853 e. The lowest BCUT2D eigenvalue weighted by molar-refractivity contribution is -0.0599. The van der Waals surface area contributed by atoms with Gasteiger partial charge in [-0.05, 0) is 54.6 Å². The van der Waals surface area contributed by atoms with Crippen molar-refractivity contribution in [3.05, 3.63) is 22.4 Å². The summed E-state index contributed by atoms with van der Waals surface area (Å²) in [7, 11) is 0. The fraction of sp³-hybridized carbons (Fsp3) is 0.714. The highest BCUT2D eigenvalue weighted by molar-refractivity contribution is 7.07. The number of hydrogen-bond donors (Lipinski definition) is 1. The maximum atomic E-state index is 6.30. The molecule has 0 spiro atoms. The van der Waals surface area contributed by atoms with E-state index in [2.05, 4.69) is 21.7 Å². The second kappa shape index (κ2) is 5.70. The van der Waals surface area contributed by atoms with Crippen molar-refractivity contribution in [3.8, 4) is 0 Å². The van der Waals surface area contributed by atoms with Crippen LogP contribution in [0.5, 0.6) is 0 Å². The molecule has 100 valence electrons. The number of nitrogens with two attached hydrogens (primary N) is 1. The zero-order valence-electron chi connectivity index (χ0n) is 10.8. The molecular formula is C14H22N2OS. The SMILES string of the molecule is NC(CCc1ccsc1)C1CN2CCCC2CO1. The summed E-state index contributed by atoms with van der Waals surface area (Å²) in [6.07, 6.45) is 4.97. The van der Waals surface area contributed by atoms with E-state index in [4.69, 9.17) is 10.5 Å². The molecule has 2 saturated heterocycles. The number of nitrogens with zero attached hydrogens (tertiary/aromatic N) is 1. The predicted molar refractivity (Wildman–Crippen MR) is 75.0 cm³/mol. The van der Waals surface area contributed by atoms with Gasteiger partial charge in [-0.1, -0.05) is 0 Å². The van der Waals surface area contributed by atoms with Gasteiger partial charge in [0.1, 0.15) is 0 Å². The van der Waals surface area contributed by atoms with Crippen molar-refractivity contribution in [1.82, 2.24) is 4.90 Å². The number of ether oxygens (including phenoxy) is 1. The summed E-state index contributed by atoms with van der Waals surface area (Å²) in [4.78, 5) is 2.57. The molecule has 4 heteroatoms. The van der Waals surface area contributed by atoms with Gasteiger partial charge in [-0.3, -0.25) is 4.90 Å². The minimum absolute atomic E-state index is 0.173. The van der Waals surface area contributed by atoms with Crippen molar-refractivity contribution >= 4 is 11.3 Å². The van der Waals surface area contributed by atoms with E-state index < -0.39 is 0 Å². The zero-order valence-corrected chi connectivity index (χ0v) is 11.6. The van der Waals surface area contributed by atoms with Gasteiger partial charge >= 0.3 is 0 Å². The molecule has 0 amide bonds. The van der Waals surface area contributed by atoms with Crippen LogP contribution < -0.4 is 5.73 Å². The molecule has 18 heavy (non-hydrogen) atoms. The van der Waals surface area contributed by atoms with Gasteiger partial charge in [0.25, 0.3) is 0 Å². The Morgan fingerprint density at radius 3 is 3.33 bits per heavy atom. The van der Waals surface area contributed by atoms with Crippen molar-refractivity contribution in [2.45, 2.75) is 43.9 Å². The highest BCUT2D eigenvalue weighted by Crippen LogP contribution is 2.24. The summed E-state index contributed by atoms with van der Waals surface area (Å²) < 4.78 is 5.96. The average molecular weight is 266 g/mol. The molecule has 2 fully saturated rings. The standard InChI is InChI=1S/C14H22N2OS/c15-13(4-3-11-5-7-18-10-11)14-8-16-6-1-2-12(16)9-17-14/h5,7,10,12-14H,1-4,6,8-9,15H2. The van der Waals surface area contributed by atoms with Gasteiger partial charge in [0.15, 0.2) is 0 Å². The number of thiophene rings is 1. The zero-order chi connectivity index (χ0) is 12.4. The van der Waals surface area contributed by atoms with E-state index in [9.17, 15) is 0 Å². The summed E-state index contributed by atoms with van der Waals surface area (Å²) in [5, 5.41) is 4.34. The molecule has 0 bridgehead atoms. The van der Waals surface area contributed by atoms with Gasteiger partial charge in [0, 0.05) is 18.6 Å². The first-order valence-electron chi connectivity index (χ1n) is 6.95. The predicted octanol–water partition coefficient (Wildman–Crippen LogP) is 1.87. The van der Waals surface area contributed by atoms with Crippen LogP contribution in [-0.4, -0.2) is 42.8 Å². The van der Waals surface area contributed by atoms with Crippen molar-refractivity contribution in [2.24, 2.45) is 5.73 Å². The van der Waals surface area contributed by atoms with Crippen molar-refractivity contribution < 1.29 is 4.74 Å². The molecule has 1 aromatic rings. The van der Waals surface area contributed by atoms with Crippen molar-refractivity contribution in [3.63, 3.8) is 0 Å². The Balaban J connectivity index is 1.48. The Morgan fingerprint density at radius 1 is 1.56 bits per heavy atom. The third kappa shape index (κ3) is 2.77. The smallest absolute Gasteiger partial charge is 0.0853 e. The van der Waals surface area contributed by atoms with Crippen molar-refractivity contribution in [2.75, 3.05) is 19.7 Å². The third-order valence-electron chi connectivity index (χ3n) is 4.24. The largest absolute Gasteiger partial charge is 0.374 e. The Kier molecular flexibility index (Phi) is 3.99. The van der Waals surface area contributed by atoms with E-state index in [0.29, 0.717) is 6.04 Å². The summed E-state index contributed by atoms with van der Waals surface area (Å²) in [6.45, 7) is 3.16. The van der Waals surface area contributed by atoms with Gasteiger partial charge in [-0.25, -0.2) is 0 Å². The van der Waals surface area contributed by atoms with E-state index in [-0.39, 0.29) is 12.1 Å². The summed E-state index contributed by atoms with van der Waals surface area (Å²) in [5.74, 6) is 0. The third-order valence-corrected chi connectivity index (χ3v) is 4.97. The topological polar surface area (TPSA) is 38.5 Å². The number of rotatable bonds is 4. The van der Waals surface area contributed by atoms with E-state index in [1.165, 1.54) is 24.9 Å². The fourth-order valence-electron chi connectivity index (χ4n) is 3.06. The first kappa shape index (κ1) is 12.6. The van der Waals surface area contributed by atoms with Crippen LogP contribution in [-0.2, 0) is 11.2 Å². The number of morpholine rings is 1. The van der Waals surface area contributed by atoms with Crippen LogP contribution in [0.1, 0.15) is 24.8 Å². The average Bonchev–Trinajstić information content (AvgIpc) is 3.05. The van der Waals surface area contributed by atoms with Crippen LogP contribution in [0.4, 0.5) is 0 Å². The molecule has 0 radical (unpaired) electrons. The minimum atomic E-state index is 0.173. The number of hydrogen-bond acceptors (Lipinski definition) is 4. The van der Waals surface area contributed by atoms with E-state index in [0.717, 1.165) is 26.0 Å². The molecule has 3 atom stereocenters. The normalized spacial score (nSPS) is 30.3. The van der Waals surface area contributed by atoms with Crippen LogP contribution in [0.15, 0.2) is 16.8 Å². The Bertz CT molecular complexity index is 368. The van der Waals surface area contributed by atoms with Gasteiger partial charge < -0.3 is 10.5 Å². The number of aryl methyl sites for hydroxylation is 1. The molecule has 2 N–H and O–H groups in total. The lowest BCUT2D eigenvalue weighted by Gasteiger charge is -2.37. The molecule has 0 saturated carbocycles. The summed E-state index contributed by atoms with van der Waals surface area (Å²) in [6, 6.07) is 3.03. The lowest BCUT2D eigenvalue weighted by Crippen LogP contribution is -2.52. The molecule has 0 aliphatic carbocycles. The Labute approximate surface area is 113 Å². The molecule has 1 aromatic heterocycles. The fourth-order valence-corrected chi connectivity index (χ4v) is 3.76. The summed E-state index contributed by atoms with van der Waals surface area (Å²) in [5.41, 5.74) is 7.71.